The van der Waals surface area contributed by atoms with E-state index in [9.17, 15) is 19.7 Å². The summed E-state index contributed by atoms with van der Waals surface area (Å²) in [5, 5.41) is 11.1. The number of nitrogens with zero attached hydrogens (tertiary/aromatic N) is 2. The molecule has 10 heteroatoms. The quantitative estimate of drug-likeness (QED) is 0.196. The molecule has 0 bridgehead atoms. The Labute approximate surface area is 188 Å². The molecule has 2 aromatic carbocycles. The molecule has 1 heterocycles. The fourth-order valence-electron chi connectivity index (χ4n) is 2.67. The fraction of sp³-hybridized carbons (Fsp3) is 0.227. The summed E-state index contributed by atoms with van der Waals surface area (Å²) in [5.41, 5.74) is 0.459. The van der Waals surface area contributed by atoms with Crippen molar-refractivity contribution in [3.05, 3.63) is 68.4 Å². The number of rotatable bonds is 7. The summed E-state index contributed by atoms with van der Waals surface area (Å²) < 4.78 is 16.1. The molecule has 3 rings (SSSR count). The van der Waals surface area contributed by atoms with Gasteiger partial charge in [-0.25, -0.2) is 9.79 Å². The van der Waals surface area contributed by atoms with Gasteiger partial charge in [0.15, 0.2) is 17.2 Å². The Morgan fingerprint density at radius 3 is 2.66 bits per heavy atom. The summed E-state index contributed by atoms with van der Waals surface area (Å²) in [6.07, 6.45) is 1.47. The Bertz CT molecular complexity index is 1150. The van der Waals surface area contributed by atoms with Gasteiger partial charge in [0.1, 0.15) is 5.02 Å². The molecule has 0 N–H and O–H groups in total. The highest BCUT2D eigenvalue weighted by Gasteiger charge is 2.26. The summed E-state index contributed by atoms with van der Waals surface area (Å²) in [6.45, 7) is 5.57. The Kier molecular flexibility index (Phi) is 6.89. The van der Waals surface area contributed by atoms with Crippen molar-refractivity contribution in [2.24, 2.45) is 10.9 Å². The van der Waals surface area contributed by atoms with E-state index in [-0.39, 0.29) is 39.5 Å². The van der Waals surface area contributed by atoms with E-state index in [2.05, 4.69) is 4.99 Å². The van der Waals surface area contributed by atoms with Gasteiger partial charge in [0.2, 0.25) is 5.90 Å². The van der Waals surface area contributed by atoms with E-state index in [4.69, 9.17) is 25.8 Å². The van der Waals surface area contributed by atoms with E-state index in [1.165, 1.54) is 24.3 Å². The van der Waals surface area contributed by atoms with Crippen LogP contribution in [0.5, 0.6) is 11.5 Å². The van der Waals surface area contributed by atoms with Crippen LogP contribution in [0.4, 0.5) is 5.69 Å². The lowest BCUT2D eigenvalue weighted by Gasteiger charge is -2.12. The first-order chi connectivity index (χ1) is 15.2. The first-order valence-corrected chi connectivity index (χ1v) is 10.0. The minimum absolute atomic E-state index is 0.00743. The Morgan fingerprint density at radius 2 is 2.00 bits per heavy atom. The Balaban J connectivity index is 1.92. The number of nitro groups is 1. The topological polar surface area (TPSA) is 117 Å². The van der Waals surface area contributed by atoms with Crippen LogP contribution in [-0.4, -0.2) is 29.4 Å². The highest BCUT2D eigenvalue weighted by Crippen LogP contribution is 2.31. The van der Waals surface area contributed by atoms with Crippen molar-refractivity contribution in [1.29, 1.82) is 0 Å². The largest absolute Gasteiger partial charge is 0.490 e. The van der Waals surface area contributed by atoms with Gasteiger partial charge in [-0.3, -0.25) is 14.9 Å². The molecule has 2 aromatic rings. The van der Waals surface area contributed by atoms with Crippen LogP contribution < -0.4 is 9.47 Å². The van der Waals surface area contributed by atoms with Crippen molar-refractivity contribution in [3.8, 4) is 11.5 Å². The maximum atomic E-state index is 12.3. The minimum atomic E-state index is -0.717. The number of benzene rings is 2. The molecule has 32 heavy (non-hydrogen) atoms. The third-order valence-electron chi connectivity index (χ3n) is 4.26. The molecule has 1 aliphatic heterocycles. The molecule has 9 nitrogen and oxygen atoms in total. The summed E-state index contributed by atoms with van der Waals surface area (Å²) in [7, 11) is 0. The van der Waals surface area contributed by atoms with Gasteiger partial charge >= 0.3 is 11.9 Å². The van der Waals surface area contributed by atoms with Gasteiger partial charge in [0, 0.05) is 11.6 Å². The number of hydrogen-bond acceptors (Lipinski definition) is 8. The van der Waals surface area contributed by atoms with E-state index >= 15 is 0 Å². The lowest BCUT2D eigenvalue weighted by molar-refractivity contribution is -0.384. The standard InChI is InChI=1S/C22H19ClN2O7/c1-4-30-19-10-13(5-8-18(19)31-21(26)12(2)3)9-16-22(27)32-20(24-16)14-6-7-15(23)17(11-14)25(28)29/h5-12H,4H2,1-3H3/b16-9-. The minimum Gasteiger partial charge on any atom is -0.490 e. The van der Waals surface area contributed by atoms with Crippen molar-refractivity contribution < 1.29 is 28.7 Å². The average Bonchev–Trinajstić information content (AvgIpc) is 3.10. The summed E-state index contributed by atoms with van der Waals surface area (Å²) in [4.78, 5) is 38.8. The van der Waals surface area contributed by atoms with Crippen molar-refractivity contribution in [2.45, 2.75) is 20.8 Å². The van der Waals surface area contributed by atoms with Crippen LogP contribution in [0.1, 0.15) is 31.9 Å². The van der Waals surface area contributed by atoms with E-state index in [0.29, 0.717) is 17.9 Å². The van der Waals surface area contributed by atoms with Gasteiger partial charge in [0.25, 0.3) is 5.69 Å². The predicted molar refractivity (Wildman–Crippen MR) is 117 cm³/mol. The van der Waals surface area contributed by atoms with E-state index in [1.807, 2.05) is 0 Å². The van der Waals surface area contributed by atoms with Crippen LogP contribution in [0.15, 0.2) is 47.1 Å². The van der Waals surface area contributed by atoms with Gasteiger partial charge < -0.3 is 14.2 Å². The molecule has 0 aliphatic carbocycles. The molecule has 0 unspecified atom stereocenters. The molecule has 0 aromatic heterocycles. The molecule has 0 spiro atoms. The number of cyclic esters (lactones) is 1. The number of hydrogen-bond donors (Lipinski definition) is 0. The van der Waals surface area contributed by atoms with Gasteiger partial charge in [-0.1, -0.05) is 31.5 Å². The number of halogens is 1. The zero-order valence-corrected chi connectivity index (χ0v) is 18.2. The summed E-state index contributed by atoms with van der Waals surface area (Å²) >= 11 is 5.82. The molecule has 0 radical (unpaired) electrons. The zero-order valence-electron chi connectivity index (χ0n) is 17.5. The highest BCUT2D eigenvalue weighted by atomic mass is 35.5. The third-order valence-corrected chi connectivity index (χ3v) is 4.58. The fourth-order valence-corrected chi connectivity index (χ4v) is 2.86. The van der Waals surface area contributed by atoms with Gasteiger partial charge in [-0.15, -0.1) is 0 Å². The molecule has 0 amide bonds. The van der Waals surface area contributed by atoms with Crippen LogP contribution in [0.3, 0.4) is 0 Å². The molecule has 166 valence electrons. The van der Waals surface area contributed by atoms with Crippen molar-refractivity contribution in [3.63, 3.8) is 0 Å². The third kappa shape index (κ3) is 5.12. The second kappa shape index (κ2) is 9.61. The highest BCUT2D eigenvalue weighted by molar-refractivity contribution is 6.32. The zero-order chi connectivity index (χ0) is 23.4. The van der Waals surface area contributed by atoms with Crippen molar-refractivity contribution >= 4 is 41.2 Å². The van der Waals surface area contributed by atoms with Crippen LogP contribution in [0.2, 0.25) is 5.02 Å². The maximum absolute atomic E-state index is 12.3. The average molecular weight is 459 g/mol. The molecule has 0 atom stereocenters. The van der Waals surface area contributed by atoms with Crippen LogP contribution >= 0.6 is 11.6 Å². The van der Waals surface area contributed by atoms with E-state index in [0.717, 1.165) is 0 Å². The van der Waals surface area contributed by atoms with Gasteiger partial charge in [-0.2, -0.15) is 0 Å². The van der Waals surface area contributed by atoms with E-state index < -0.39 is 16.9 Å². The first kappa shape index (κ1) is 23.0. The van der Waals surface area contributed by atoms with Crippen molar-refractivity contribution in [2.75, 3.05) is 6.61 Å². The number of carbonyl (C=O) groups is 2. The van der Waals surface area contributed by atoms with Crippen LogP contribution in [-0.2, 0) is 14.3 Å². The smallest absolute Gasteiger partial charge is 0.363 e. The number of aliphatic imine (C=N–C) groups is 1. The normalized spacial score (nSPS) is 14.3. The van der Waals surface area contributed by atoms with Crippen LogP contribution in [0, 0.1) is 16.0 Å². The Morgan fingerprint density at radius 1 is 1.25 bits per heavy atom. The van der Waals surface area contributed by atoms with Crippen molar-refractivity contribution in [1.82, 2.24) is 0 Å². The molecular formula is C22H19ClN2O7. The molecule has 0 saturated heterocycles. The van der Waals surface area contributed by atoms with Gasteiger partial charge in [0.05, 0.1) is 17.4 Å². The molecule has 0 saturated carbocycles. The number of esters is 2. The predicted octanol–water partition coefficient (Wildman–Crippen LogP) is 4.55. The van der Waals surface area contributed by atoms with E-state index in [1.54, 1.807) is 39.0 Å². The monoisotopic (exact) mass is 458 g/mol. The molecule has 0 fully saturated rings. The maximum Gasteiger partial charge on any atom is 0.363 e. The molecule has 1 aliphatic rings. The van der Waals surface area contributed by atoms with Crippen LogP contribution in [0.25, 0.3) is 6.08 Å². The first-order valence-electron chi connectivity index (χ1n) is 9.65. The number of nitro benzene ring substituents is 1. The lowest BCUT2D eigenvalue weighted by atomic mass is 10.1. The SMILES string of the molecule is CCOc1cc(/C=C2\N=C(c3ccc(Cl)c([N+](=O)[O-])c3)OC2=O)ccc1OC(=O)C(C)C. The second-order valence-corrected chi connectivity index (χ2v) is 7.38. The number of carbonyl (C=O) groups excluding carboxylic acids is 2. The summed E-state index contributed by atoms with van der Waals surface area (Å²) in [6, 6.07) is 8.78. The molecular weight excluding hydrogens is 440 g/mol. The number of ether oxygens (including phenoxy) is 3. The second-order valence-electron chi connectivity index (χ2n) is 6.97. The Hall–Kier alpha value is -3.72. The van der Waals surface area contributed by atoms with Gasteiger partial charge in [-0.05, 0) is 42.8 Å². The summed E-state index contributed by atoms with van der Waals surface area (Å²) in [5.74, 6) is -0.905. The lowest BCUT2D eigenvalue weighted by Crippen LogP contribution is -2.15.